The maximum absolute atomic E-state index is 2.57. The Labute approximate surface area is 185 Å². The average Bonchev–Trinajstić information content (AvgIpc) is 2.78. The van der Waals surface area contributed by atoms with Gasteiger partial charge in [0.2, 0.25) is 0 Å². The molecule has 0 nitrogen and oxygen atoms in total. The van der Waals surface area contributed by atoms with Crippen molar-refractivity contribution in [3.05, 3.63) is 58.7 Å². The number of unbranched alkanes of at least 4 members (excludes halogenated alkanes) is 4. The Kier molecular flexibility index (Phi) is 8.79. The summed E-state index contributed by atoms with van der Waals surface area (Å²) in [5.41, 5.74) is 6.20. The summed E-state index contributed by atoms with van der Waals surface area (Å²) in [6.45, 7) is 9.21. The van der Waals surface area contributed by atoms with Crippen LogP contribution >= 0.6 is 0 Å². The lowest BCUT2D eigenvalue weighted by atomic mass is 9.88. The summed E-state index contributed by atoms with van der Waals surface area (Å²) >= 11 is 0. The molecule has 3 aromatic carbocycles. The molecule has 0 radical (unpaired) electrons. The second-order valence-corrected chi connectivity index (χ2v) is 9.13. The van der Waals surface area contributed by atoms with Gasteiger partial charge in [0, 0.05) is 0 Å². The van der Waals surface area contributed by atoms with Gasteiger partial charge in [-0.25, -0.2) is 0 Å². The molecular weight excluding hydrogens is 360 g/mol. The summed E-state index contributed by atoms with van der Waals surface area (Å²) in [7, 11) is 0. The molecule has 3 aromatic rings. The number of hydrogen-bond donors (Lipinski definition) is 0. The highest BCUT2D eigenvalue weighted by molar-refractivity contribution is 6.03. The van der Waals surface area contributed by atoms with Crippen LogP contribution in [0, 0.1) is 0 Å². The summed E-state index contributed by atoms with van der Waals surface area (Å²) in [6.07, 6.45) is 15.0. The molecule has 0 fully saturated rings. The van der Waals surface area contributed by atoms with Crippen molar-refractivity contribution in [1.82, 2.24) is 0 Å². The van der Waals surface area contributed by atoms with Gasteiger partial charge in [-0.2, -0.15) is 0 Å². The maximum atomic E-state index is 2.57. The SMILES string of the molecule is CCCCc1ccc(CCCC)c2cc3c(CCCC)ccc(CCCC)c3cc12. The molecule has 0 saturated heterocycles. The summed E-state index contributed by atoms with van der Waals surface area (Å²) in [5, 5.41) is 6.09. The third kappa shape index (κ3) is 5.26. The Hall–Kier alpha value is -1.82. The molecule has 0 unspecified atom stereocenters. The first-order valence-electron chi connectivity index (χ1n) is 12.7. The Morgan fingerprint density at radius 1 is 0.400 bits per heavy atom. The number of fused-ring (bicyclic) bond motifs is 2. The van der Waals surface area contributed by atoms with Crippen LogP contribution < -0.4 is 0 Å². The van der Waals surface area contributed by atoms with Gasteiger partial charge in [-0.1, -0.05) is 77.6 Å². The zero-order valence-corrected chi connectivity index (χ0v) is 19.9. The van der Waals surface area contributed by atoms with Gasteiger partial charge in [0.1, 0.15) is 0 Å². The van der Waals surface area contributed by atoms with Gasteiger partial charge in [-0.05, 0) is 107 Å². The van der Waals surface area contributed by atoms with E-state index in [1.54, 1.807) is 22.3 Å². The second-order valence-electron chi connectivity index (χ2n) is 9.13. The smallest absolute Gasteiger partial charge is 0.0143 e. The molecule has 30 heavy (non-hydrogen) atoms. The number of rotatable bonds is 12. The van der Waals surface area contributed by atoms with Crippen molar-refractivity contribution in [2.75, 3.05) is 0 Å². The van der Waals surface area contributed by atoms with Gasteiger partial charge in [-0.3, -0.25) is 0 Å². The highest BCUT2D eigenvalue weighted by Gasteiger charge is 2.12. The first kappa shape index (κ1) is 22.9. The first-order chi connectivity index (χ1) is 14.7. The van der Waals surface area contributed by atoms with Gasteiger partial charge >= 0.3 is 0 Å². The molecule has 0 aliphatic carbocycles. The minimum atomic E-state index is 1.20. The zero-order valence-electron chi connectivity index (χ0n) is 19.9. The molecule has 0 aromatic heterocycles. The van der Waals surface area contributed by atoms with Crippen LogP contribution in [0.1, 0.15) is 101 Å². The molecule has 162 valence electrons. The predicted molar refractivity (Wildman–Crippen MR) is 136 cm³/mol. The van der Waals surface area contributed by atoms with Crippen molar-refractivity contribution in [2.24, 2.45) is 0 Å². The molecule has 0 saturated carbocycles. The van der Waals surface area contributed by atoms with Gasteiger partial charge in [0.05, 0.1) is 0 Å². The Morgan fingerprint density at radius 3 is 0.833 bits per heavy atom. The van der Waals surface area contributed by atoms with Crippen LogP contribution in [0.2, 0.25) is 0 Å². The number of hydrogen-bond acceptors (Lipinski definition) is 0. The van der Waals surface area contributed by atoms with E-state index < -0.39 is 0 Å². The topological polar surface area (TPSA) is 0 Å². The first-order valence-corrected chi connectivity index (χ1v) is 12.7. The molecular formula is C30H42. The molecule has 0 atom stereocenters. The normalized spacial score (nSPS) is 11.6. The van der Waals surface area contributed by atoms with Crippen molar-refractivity contribution in [1.29, 1.82) is 0 Å². The summed E-state index contributed by atoms with van der Waals surface area (Å²) in [6, 6.07) is 14.9. The van der Waals surface area contributed by atoms with Gasteiger partial charge in [0.15, 0.2) is 0 Å². The van der Waals surface area contributed by atoms with E-state index in [-0.39, 0.29) is 0 Å². The van der Waals surface area contributed by atoms with Crippen LogP contribution in [0.3, 0.4) is 0 Å². The Bertz CT molecular complexity index is 794. The van der Waals surface area contributed by atoms with Gasteiger partial charge in [0.25, 0.3) is 0 Å². The summed E-state index contributed by atoms with van der Waals surface area (Å²) in [4.78, 5) is 0. The number of aryl methyl sites for hydroxylation is 4. The summed E-state index contributed by atoms with van der Waals surface area (Å²) < 4.78 is 0. The molecule has 0 aliphatic heterocycles. The molecule has 0 N–H and O–H groups in total. The predicted octanol–water partition coefficient (Wildman–Crippen LogP) is 9.36. The van der Waals surface area contributed by atoms with Crippen molar-refractivity contribution >= 4 is 21.5 Å². The fourth-order valence-corrected chi connectivity index (χ4v) is 4.76. The van der Waals surface area contributed by atoms with Gasteiger partial charge in [-0.15, -0.1) is 0 Å². The Morgan fingerprint density at radius 2 is 0.633 bits per heavy atom. The van der Waals surface area contributed by atoms with E-state index in [1.165, 1.54) is 98.6 Å². The lowest BCUT2D eigenvalue weighted by Crippen LogP contribution is -1.97. The van der Waals surface area contributed by atoms with E-state index in [0.717, 1.165) is 0 Å². The maximum Gasteiger partial charge on any atom is -0.0143 e. The van der Waals surface area contributed by atoms with Crippen LogP contribution in [-0.2, 0) is 25.7 Å². The number of benzene rings is 3. The fourth-order valence-electron chi connectivity index (χ4n) is 4.76. The second kappa shape index (κ2) is 11.5. The highest BCUT2D eigenvalue weighted by atomic mass is 14.2. The van der Waals surface area contributed by atoms with Crippen molar-refractivity contribution in [3.63, 3.8) is 0 Å². The standard InChI is InChI=1S/C30H42/c1-5-9-13-23-17-18-24(14-10-6-2)28-22-30-26(16-12-8-4)20-19-25(15-11-7-3)29(30)21-27(23)28/h17-22H,5-16H2,1-4H3. The molecule has 0 heteroatoms. The van der Waals surface area contributed by atoms with E-state index in [9.17, 15) is 0 Å². The highest BCUT2D eigenvalue weighted by Crippen LogP contribution is 2.34. The van der Waals surface area contributed by atoms with Crippen LogP contribution in [0.4, 0.5) is 0 Å². The monoisotopic (exact) mass is 402 g/mol. The molecule has 0 amide bonds. The van der Waals surface area contributed by atoms with E-state index in [4.69, 9.17) is 0 Å². The van der Waals surface area contributed by atoms with Gasteiger partial charge < -0.3 is 0 Å². The van der Waals surface area contributed by atoms with Crippen molar-refractivity contribution in [3.8, 4) is 0 Å². The van der Waals surface area contributed by atoms with E-state index in [2.05, 4.69) is 64.1 Å². The van der Waals surface area contributed by atoms with Crippen LogP contribution in [0.5, 0.6) is 0 Å². The molecule has 3 rings (SSSR count). The van der Waals surface area contributed by atoms with Crippen molar-refractivity contribution in [2.45, 2.75) is 105 Å². The van der Waals surface area contributed by atoms with Crippen LogP contribution in [0.25, 0.3) is 21.5 Å². The third-order valence-corrected chi connectivity index (χ3v) is 6.71. The lowest BCUT2D eigenvalue weighted by molar-refractivity contribution is 0.790. The van der Waals surface area contributed by atoms with Crippen molar-refractivity contribution < 1.29 is 0 Å². The fraction of sp³-hybridized carbons (Fsp3) is 0.533. The largest absolute Gasteiger partial charge is 0.0654 e. The molecule has 0 aliphatic rings. The van der Waals surface area contributed by atoms with Crippen LogP contribution in [0.15, 0.2) is 36.4 Å². The quantitative estimate of drug-likeness (QED) is 0.265. The average molecular weight is 403 g/mol. The van der Waals surface area contributed by atoms with E-state index in [0.29, 0.717) is 0 Å². The minimum absolute atomic E-state index is 1.20. The lowest BCUT2D eigenvalue weighted by Gasteiger charge is -2.17. The molecule has 0 bridgehead atoms. The molecule has 0 heterocycles. The summed E-state index contributed by atoms with van der Waals surface area (Å²) in [5.74, 6) is 0. The third-order valence-electron chi connectivity index (χ3n) is 6.71. The van der Waals surface area contributed by atoms with Crippen LogP contribution in [-0.4, -0.2) is 0 Å². The van der Waals surface area contributed by atoms with E-state index in [1.807, 2.05) is 0 Å². The zero-order chi connectivity index (χ0) is 21.3. The van der Waals surface area contributed by atoms with E-state index >= 15 is 0 Å². The Balaban J connectivity index is 2.24. The minimum Gasteiger partial charge on any atom is -0.0654 e. The molecule has 0 spiro atoms.